The van der Waals surface area contributed by atoms with Crippen molar-refractivity contribution in [3.8, 4) is 0 Å². The largest absolute Gasteiger partial charge is 0.392 e. The zero-order valence-electron chi connectivity index (χ0n) is 11.5. The van der Waals surface area contributed by atoms with Crippen LogP contribution in [0, 0.1) is 11.6 Å². The van der Waals surface area contributed by atoms with Gasteiger partial charge in [-0.15, -0.1) is 0 Å². The lowest BCUT2D eigenvalue weighted by atomic mass is 10.2. The number of sulfonamides is 1. The standard InChI is InChI=1S/C13H17F2NO3S2/c1-20-10-3-2-9(6-10)16-21(18,19)12-5-8(7-17)4-11(14)13(12)15/h4-5,9-10,16-17H,2-3,6-7H2,1H3. The van der Waals surface area contributed by atoms with Crippen LogP contribution in [0.25, 0.3) is 0 Å². The molecule has 0 amide bonds. The summed E-state index contributed by atoms with van der Waals surface area (Å²) in [6, 6.07) is 1.47. The molecule has 0 aromatic heterocycles. The molecule has 21 heavy (non-hydrogen) atoms. The third kappa shape index (κ3) is 3.74. The van der Waals surface area contributed by atoms with Crippen LogP contribution in [0.15, 0.2) is 17.0 Å². The Kier molecular flexibility index (Phi) is 5.24. The second-order valence-electron chi connectivity index (χ2n) is 5.04. The van der Waals surface area contributed by atoms with Crippen LogP contribution < -0.4 is 4.72 Å². The molecule has 2 rings (SSSR count). The predicted octanol–water partition coefficient (Wildman–Crippen LogP) is 2.02. The Bertz CT molecular complexity index is 622. The average Bonchev–Trinajstić information content (AvgIpc) is 2.88. The van der Waals surface area contributed by atoms with Crippen molar-refractivity contribution in [2.24, 2.45) is 0 Å². The SMILES string of the molecule is CSC1CCC(NS(=O)(=O)c2cc(CO)cc(F)c2F)C1. The summed E-state index contributed by atoms with van der Waals surface area (Å²) < 4.78 is 54.0. The molecule has 0 heterocycles. The van der Waals surface area contributed by atoms with Gasteiger partial charge in [0.25, 0.3) is 0 Å². The summed E-state index contributed by atoms with van der Waals surface area (Å²) in [5.41, 5.74) is 0.0164. The summed E-state index contributed by atoms with van der Waals surface area (Å²) in [5, 5.41) is 9.36. The van der Waals surface area contributed by atoms with Gasteiger partial charge in [-0.25, -0.2) is 21.9 Å². The van der Waals surface area contributed by atoms with Gasteiger partial charge in [0.1, 0.15) is 4.90 Å². The fourth-order valence-corrected chi connectivity index (χ4v) is 4.66. The molecule has 0 saturated heterocycles. The monoisotopic (exact) mass is 337 g/mol. The van der Waals surface area contributed by atoms with Crippen LogP contribution in [0.5, 0.6) is 0 Å². The number of nitrogens with one attached hydrogen (secondary N) is 1. The first kappa shape index (κ1) is 16.7. The number of benzene rings is 1. The maximum atomic E-state index is 13.8. The maximum Gasteiger partial charge on any atom is 0.243 e. The number of aliphatic hydroxyl groups excluding tert-OH is 1. The van der Waals surface area contributed by atoms with Gasteiger partial charge in [0.05, 0.1) is 6.61 Å². The minimum absolute atomic E-state index is 0.0164. The van der Waals surface area contributed by atoms with Gasteiger partial charge in [-0.05, 0) is 43.2 Å². The molecular formula is C13H17F2NO3S2. The topological polar surface area (TPSA) is 66.4 Å². The number of aliphatic hydroxyl groups is 1. The van der Waals surface area contributed by atoms with E-state index in [0.717, 1.165) is 18.6 Å². The highest BCUT2D eigenvalue weighted by Gasteiger charge is 2.30. The Balaban J connectivity index is 2.26. The molecule has 2 unspecified atom stereocenters. The molecule has 118 valence electrons. The second kappa shape index (κ2) is 6.60. The van der Waals surface area contributed by atoms with Gasteiger partial charge in [-0.2, -0.15) is 11.8 Å². The van der Waals surface area contributed by atoms with Crippen molar-refractivity contribution in [3.63, 3.8) is 0 Å². The van der Waals surface area contributed by atoms with Crippen molar-refractivity contribution >= 4 is 21.8 Å². The van der Waals surface area contributed by atoms with Crippen LogP contribution in [0.4, 0.5) is 8.78 Å². The Morgan fingerprint density at radius 2 is 2.10 bits per heavy atom. The minimum atomic E-state index is -4.15. The van der Waals surface area contributed by atoms with Crippen molar-refractivity contribution in [2.75, 3.05) is 6.26 Å². The van der Waals surface area contributed by atoms with E-state index in [1.165, 1.54) is 0 Å². The molecule has 1 aromatic rings. The highest BCUT2D eigenvalue weighted by atomic mass is 32.2. The average molecular weight is 337 g/mol. The molecule has 1 aliphatic carbocycles. The fraction of sp³-hybridized carbons (Fsp3) is 0.538. The third-order valence-electron chi connectivity index (χ3n) is 3.57. The Morgan fingerprint density at radius 1 is 1.38 bits per heavy atom. The van der Waals surface area contributed by atoms with Crippen LogP contribution in [0.3, 0.4) is 0 Å². The molecule has 2 atom stereocenters. The summed E-state index contributed by atoms with van der Waals surface area (Å²) in [6.07, 6.45) is 4.20. The molecular weight excluding hydrogens is 320 g/mol. The fourth-order valence-electron chi connectivity index (χ4n) is 2.45. The normalized spacial score (nSPS) is 22.7. The molecule has 1 saturated carbocycles. The molecule has 8 heteroatoms. The molecule has 0 aliphatic heterocycles. The maximum absolute atomic E-state index is 13.8. The zero-order valence-corrected chi connectivity index (χ0v) is 13.1. The van der Waals surface area contributed by atoms with E-state index >= 15 is 0 Å². The van der Waals surface area contributed by atoms with E-state index in [1.807, 2.05) is 6.26 Å². The summed E-state index contributed by atoms with van der Waals surface area (Å²) in [6.45, 7) is -0.558. The summed E-state index contributed by atoms with van der Waals surface area (Å²) in [4.78, 5) is -0.751. The quantitative estimate of drug-likeness (QED) is 0.863. The molecule has 1 fully saturated rings. The smallest absolute Gasteiger partial charge is 0.243 e. The molecule has 0 radical (unpaired) electrons. The summed E-state index contributed by atoms with van der Waals surface area (Å²) in [5.74, 6) is -2.70. The lowest BCUT2D eigenvalue weighted by Crippen LogP contribution is -2.34. The van der Waals surface area contributed by atoms with Crippen LogP contribution in [0.2, 0.25) is 0 Å². The summed E-state index contributed by atoms with van der Waals surface area (Å²) >= 11 is 1.67. The highest BCUT2D eigenvalue weighted by Crippen LogP contribution is 2.29. The van der Waals surface area contributed by atoms with E-state index in [4.69, 9.17) is 5.11 Å². The van der Waals surface area contributed by atoms with Crippen molar-refractivity contribution in [1.82, 2.24) is 4.72 Å². The van der Waals surface area contributed by atoms with Gasteiger partial charge in [-0.1, -0.05) is 0 Å². The molecule has 4 nitrogen and oxygen atoms in total. The van der Waals surface area contributed by atoms with Crippen LogP contribution in [-0.4, -0.2) is 31.1 Å². The molecule has 0 bridgehead atoms. The molecule has 0 spiro atoms. The highest BCUT2D eigenvalue weighted by molar-refractivity contribution is 7.99. The van der Waals surface area contributed by atoms with Gasteiger partial charge < -0.3 is 5.11 Å². The second-order valence-corrected chi connectivity index (χ2v) is 7.86. The van der Waals surface area contributed by atoms with Crippen molar-refractivity contribution < 1.29 is 22.3 Å². The first-order chi connectivity index (χ1) is 9.87. The van der Waals surface area contributed by atoms with E-state index in [9.17, 15) is 17.2 Å². The van der Waals surface area contributed by atoms with E-state index in [2.05, 4.69) is 4.72 Å². The number of halogens is 2. The third-order valence-corrected chi connectivity index (χ3v) is 6.18. The Labute approximate surface area is 127 Å². The Hall–Kier alpha value is -0.700. The van der Waals surface area contributed by atoms with Crippen molar-refractivity contribution in [1.29, 1.82) is 0 Å². The van der Waals surface area contributed by atoms with E-state index in [0.29, 0.717) is 18.1 Å². The van der Waals surface area contributed by atoms with Gasteiger partial charge in [0.2, 0.25) is 10.0 Å². The number of thioether (sulfide) groups is 1. The van der Waals surface area contributed by atoms with Gasteiger partial charge >= 0.3 is 0 Å². The van der Waals surface area contributed by atoms with Gasteiger partial charge in [0, 0.05) is 11.3 Å². The van der Waals surface area contributed by atoms with Crippen molar-refractivity contribution in [2.45, 2.75) is 42.1 Å². The lowest BCUT2D eigenvalue weighted by Gasteiger charge is -2.14. The van der Waals surface area contributed by atoms with E-state index < -0.39 is 33.2 Å². The van der Waals surface area contributed by atoms with Crippen LogP contribution in [-0.2, 0) is 16.6 Å². The van der Waals surface area contributed by atoms with Gasteiger partial charge in [0.15, 0.2) is 11.6 Å². The van der Waals surface area contributed by atoms with E-state index in [-0.39, 0.29) is 11.6 Å². The van der Waals surface area contributed by atoms with Crippen LogP contribution >= 0.6 is 11.8 Å². The first-order valence-corrected chi connectivity index (χ1v) is 9.28. The van der Waals surface area contributed by atoms with E-state index in [1.54, 1.807) is 11.8 Å². The number of hydrogen-bond donors (Lipinski definition) is 2. The molecule has 1 aliphatic rings. The number of hydrogen-bond acceptors (Lipinski definition) is 4. The Morgan fingerprint density at radius 3 is 2.67 bits per heavy atom. The first-order valence-electron chi connectivity index (χ1n) is 6.51. The lowest BCUT2D eigenvalue weighted by molar-refractivity contribution is 0.280. The number of rotatable bonds is 5. The van der Waals surface area contributed by atoms with Crippen LogP contribution in [0.1, 0.15) is 24.8 Å². The summed E-state index contributed by atoms with van der Waals surface area (Å²) in [7, 11) is -4.15. The molecule has 1 aromatic carbocycles. The van der Waals surface area contributed by atoms with Crippen molar-refractivity contribution in [3.05, 3.63) is 29.3 Å². The minimum Gasteiger partial charge on any atom is -0.392 e. The molecule has 2 N–H and O–H groups in total. The predicted molar refractivity (Wildman–Crippen MR) is 77.5 cm³/mol. The zero-order chi connectivity index (χ0) is 15.6. The van der Waals surface area contributed by atoms with Gasteiger partial charge in [-0.3, -0.25) is 0 Å².